The molecule has 0 radical (unpaired) electrons. The summed E-state index contributed by atoms with van der Waals surface area (Å²) >= 11 is 13.2. The van der Waals surface area contributed by atoms with Crippen molar-refractivity contribution in [1.29, 1.82) is 0 Å². The molecule has 6 nitrogen and oxygen atoms in total. The van der Waals surface area contributed by atoms with Gasteiger partial charge in [0.25, 0.3) is 5.56 Å². The zero-order valence-corrected chi connectivity index (χ0v) is 17.0. The van der Waals surface area contributed by atoms with Gasteiger partial charge in [-0.25, -0.2) is 4.98 Å². The van der Waals surface area contributed by atoms with Gasteiger partial charge in [-0.05, 0) is 30.7 Å². The molecule has 0 aliphatic carbocycles. The number of para-hydroxylation sites is 1. The van der Waals surface area contributed by atoms with Crippen LogP contribution in [0.2, 0.25) is 10.0 Å². The number of carbonyl (C=O) groups is 1. The van der Waals surface area contributed by atoms with E-state index in [2.05, 4.69) is 10.3 Å². The molecular formula is C19H17Cl2N3O3S. The Hall–Kier alpha value is -2.06. The monoisotopic (exact) mass is 437 g/mol. The zero-order valence-electron chi connectivity index (χ0n) is 14.7. The van der Waals surface area contributed by atoms with Crippen LogP contribution in [-0.4, -0.2) is 32.9 Å². The van der Waals surface area contributed by atoms with E-state index in [1.165, 1.54) is 4.57 Å². The molecule has 0 aliphatic heterocycles. The normalized spacial score (nSPS) is 11.0. The Bertz CT molecular complexity index is 1070. The van der Waals surface area contributed by atoms with Gasteiger partial charge in [0.05, 0.1) is 32.4 Å². The van der Waals surface area contributed by atoms with Crippen molar-refractivity contribution in [1.82, 2.24) is 9.55 Å². The highest BCUT2D eigenvalue weighted by Gasteiger charge is 2.14. The maximum atomic E-state index is 12.8. The molecule has 146 valence electrons. The minimum atomic E-state index is -0.301. The maximum Gasteiger partial charge on any atom is 0.262 e. The van der Waals surface area contributed by atoms with Crippen LogP contribution in [0.4, 0.5) is 5.69 Å². The van der Waals surface area contributed by atoms with Crippen LogP contribution in [0.25, 0.3) is 10.9 Å². The van der Waals surface area contributed by atoms with Gasteiger partial charge >= 0.3 is 0 Å². The van der Waals surface area contributed by atoms with E-state index < -0.39 is 0 Å². The highest BCUT2D eigenvalue weighted by Crippen LogP contribution is 2.29. The van der Waals surface area contributed by atoms with Crippen molar-refractivity contribution in [3.8, 4) is 0 Å². The summed E-state index contributed by atoms with van der Waals surface area (Å²) in [6.45, 7) is 0.272. The van der Waals surface area contributed by atoms with Gasteiger partial charge in [0.1, 0.15) is 0 Å². The van der Waals surface area contributed by atoms with Crippen molar-refractivity contribution < 1.29 is 9.90 Å². The molecule has 2 aromatic carbocycles. The number of hydrogen-bond acceptors (Lipinski definition) is 5. The number of aliphatic hydroxyl groups is 1. The first-order valence-electron chi connectivity index (χ1n) is 8.48. The number of amides is 1. The number of anilines is 1. The molecule has 1 aromatic heterocycles. The van der Waals surface area contributed by atoms with Crippen molar-refractivity contribution in [3.05, 3.63) is 62.9 Å². The van der Waals surface area contributed by atoms with E-state index in [9.17, 15) is 9.59 Å². The molecule has 3 aromatic rings. The minimum absolute atomic E-state index is 0.0345. The summed E-state index contributed by atoms with van der Waals surface area (Å²) in [5.74, 6) is -0.266. The van der Waals surface area contributed by atoms with Crippen molar-refractivity contribution in [2.24, 2.45) is 0 Å². The van der Waals surface area contributed by atoms with Crippen molar-refractivity contribution in [2.45, 2.75) is 18.1 Å². The van der Waals surface area contributed by atoms with E-state index in [0.29, 0.717) is 39.7 Å². The number of halogens is 2. The van der Waals surface area contributed by atoms with Gasteiger partial charge in [-0.1, -0.05) is 53.2 Å². The lowest BCUT2D eigenvalue weighted by atomic mass is 10.2. The van der Waals surface area contributed by atoms with Crippen molar-refractivity contribution >= 4 is 57.5 Å². The lowest BCUT2D eigenvalue weighted by molar-refractivity contribution is -0.113. The Morgan fingerprint density at radius 1 is 1.18 bits per heavy atom. The fourth-order valence-electron chi connectivity index (χ4n) is 2.60. The summed E-state index contributed by atoms with van der Waals surface area (Å²) in [5, 5.41) is 13.4. The fourth-order valence-corrected chi connectivity index (χ4v) is 3.77. The van der Waals surface area contributed by atoms with Gasteiger partial charge in [-0.3, -0.25) is 14.2 Å². The summed E-state index contributed by atoms with van der Waals surface area (Å²) in [6.07, 6.45) is 0.414. The Kier molecular flexibility index (Phi) is 6.96. The predicted molar refractivity (Wildman–Crippen MR) is 114 cm³/mol. The van der Waals surface area contributed by atoms with Gasteiger partial charge in [-0.15, -0.1) is 0 Å². The van der Waals surface area contributed by atoms with Crippen LogP contribution in [0.5, 0.6) is 0 Å². The SMILES string of the molecule is O=C(CSc1nc2ccccc2c(=O)n1CCCO)Nc1cccc(Cl)c1Cl. The predicted octanol–water partition coefficient (Wildman–Crippen LogP) is 3.82. The number of carbonyl (C=O) groups excluding carboxylic acids is 1. The maximum absolute atomic E-state index is 12.8. The van der Waals surface area contributed by atoms with E-state index >= 15 is 0 Å². The van der Waals surface area contributed by atoms with Crippen LogP contribution < -0.4 is 10.9 Å². The topological polar surface area (TPSA) is 84.2 Å². The Morgan fingerprint density at radius 3 is 2.75 bits per heavy atom. The average molecular weight is 438 g/mol. The lowest BCUT2D eigenvalue weighted by Crippen LogP contribution is -2.24. The first-order chi connectivity index (χ1) is 13.5. The average Bonchev–Trinajstić information content (AvgIpc) is 2.69. The summed E-state index contributed by atoms with van der Waals surface area (Å²) in [5.41, 5.74) is 0.789. The van der Waals surface area contributed by atoms with E-state index in [-0.39, 0.29) is 28.8 Å². The minimum Gasteiger partial charge on any atom is -0.396 e. The van der Waals surface area contributed by atoms with Gasteiger partial charge in [-0.2, -0.15) is 0 Å². The molecule has 1 heterocycles. The highest BCUT2D eigenvalue weighted by atomic mass is 35.5. The van der Waals surface area contributed by atoms with Crippen LogP contribution in [-0.2, 0) is 11.3 Å². The molecule has 1 amide bonds. The van der Waals surface area contributed by atoms with Crippen LogP contribution in [0, 0.1) is 0 Å². The van der Waals surface area contributed by atoms with E-state index in [4.69, 9.17) is 28.3 Å². The smallest absolute Gasteiger partial charge is 0.262 e. The number of fused-ring (bicyclic) bond motifs is 1. The van der Waals surface area contributed by atoms with Crippen LogP contribution >= 0.6 is 35.0 Å². The van der Waals surface area contributed by atoms with Crippen LogP contribution in [0.1, 0.15) is 6.42 Å². The molecule has 28 heavy (non-hydrogen) atoms. The second-order valence-corrected chi connectivity index (χ2v) is 7.61. The quantitative estimate of drug-likeness (QED) is 0.433. The molecule has 0 bridgehead atoms. The van der Waals surface area contributed by atoms with E-state index in [0.717, 1.165) is 11.8 Å². The van der Waals surface area contributed by atoms with Gasteiger partial charge in [0.15, 0.2) is 5.16 Å². The van der Waals surface area contributed by atoms with Crippen molar-refractivity contribution in [3.63, 3.8) is 0 Å². The standard InChI is InChI=1S/C19H17Cl2N3O3S/c20-13-6-3-8-15(17(13)21)22-16(26)11-28-19-23-14-7-2-1-5-12(14)18(27)24(19)9-4-10-25/h1-3,5-8,25H,4,9-11H2,(H,22,26). The van der Waals surface area contributed by atoms with Gasteiger partial charge < -0.3 is 10.4 Å². The molecule has 0 unspecified atom stereocenters. The highest BCUT2D eigenvalue weighted by molar-refractivity contribution is 7.99. The van der Waals surface area contributed by atoms with Gasteiger partial charge in [0, 0.05) is 13.2 Å². The molecule has 0 saturated heterocycles. The third-order valence-electron chi connectivity index (χ3n) is 3.92. The Balaban J connectivity index is 1.81. The molecule has 3 rings (SSSR count). The zero-order chi connectivity index (χ0) is 20.1. The summed E-state index contributed by atoms with van der Waals surface area (Å²) < 4.78 is 1.49. The lowest BCUT2D eigenvalue weighted by Gasteiger charge is -2.13. The third kappa shape index (κ3) is 4.67. The third-order valence-corrected chi connectivity index (χ3v) is 5.72. The number of aromatic nitrogens is 2. The summed E-state index contributed by atoms with van der Waals surface area (Å²) in [4.78, 5) is 29.6. The van der Waals surface area contributed by atoms with Gasteiger partial charge in [0.2, 0.25) is 5.91 Å². The molecule has 0 atom stereocenters. The van der Waals surface area contributed by atoms with E-state index in [1.807, 2.05) is 0 Å². The second-order valence-electron chi connectivity index (χ2n) is 5.88. The number of benzene rings is 2. The number of aliphatic hydroxyl groups excluding tert-OH is 1. The second kappa shape index (κ2) is 9.43. The van der Waals surface area contributed by atoms with E-state index in [1.54, 1.807) is 42.5 Å². The molecule has 0 fully saturated rings. The summed E-state index contributed by atoms with van der Waals surface area (Å²) in [7, 11) is 0. The molecule has 0 saturated carbocycles. The largest absolute Gasteiger partial charge is 0.396 e. The molecule has 9 heteroatoms. The van der Waals surface area contributed by atoms with Crippen LogP contribution in [0.3, 0.4) is 0 Å². The van der Waals surface area contributed by atoms with Crippen LogP contribution in [0.15, 0.2) is 52.4 Å². The first-order valence-corrected chi connectivity index (χ1v) is 10.2. The molecule has 0 spiro atoms. The Morgan fingerprint density at radius 2 is 1.96 bits per heavy atom. The fraction of sp³-hybridized carbons (Fsp3) is 0.211. The molecular weight excluding hydrogens is 421 g/mol. The number of rotatable bonds is 7. The number of nitrogens with zero attached hydrogens (tertiary/aromatic N) is 2. The molecule has 0 aliphatic rings. The number of hydrogen-bond donors (Lipinski definition) is 2. The Labute approximate surface area is 175 Å². The number of thioether (sulfide) groups is 1. The first kappa shape index (κ1) is 20.7. The number of nitrogens with one attached hydrogen (secondary N) is 1. The summed E-state index contributed by atoms with van der Waals surface area (Å²) in [6, 6.07) is 12.0. The molecule has 2 N–H and O–H groups in total. The van der Waals surface area contributed by atoms with Crippen molar-refractivity contribution in [2.75, 3.05) is 17.7 Å².